The number of carbonyl (C=O) groups is 2. The Morgan fingerprint density at radius 2 is 1.88 bits per heavy atom. The maximum Gasteiger partial charge on any atom is 0.262 e. The zero-order valence-electron chi connectivity index (χ0n) is 17.5. The zero-order valence-corrected chi connectivity index (χ0v) is 19.0. The lowest BCUT2D eigenvalue weighted by Crippen LogP contribution is -2.23. The van der Waals surface area contributed by atoms with Crippen LogP contribution in [-0.4, -0.2) is 36.6 Å². The van der Waals surface area contributed by atoms with Gasteiger partial charge in [-0.15, -0.1) is 10.2 Å². The van der Waals surface area contributed by atoms with Gasteiger partial charge in [0.2, 0.25) is 11.7 Å². The Morgan fingerprint density at radius 1 is 1.12 bits per heavy atom. The third-order valence-corrected chi connectivity index (χ3v) is 6.05. The van der Waals surface area contributed by atoms with Gasteiger partial charge in [-0.05, 0) is 55.8 Å². The fourth-order valence-electron chi connectivity index (χ4n) is 3.39. The molecule has 2 heterocycles. The molecular weight excluding hydrogens is 450 g/mol. The molecule has 0 aliphatic rings. The minimum absolute atomic E-state index is 0.0350. The number of hydrogen-bond acceptors (Lipinski definition) is 6. The number of nitrogens with zero attached hydrogens (tertiary/aromatic N) is 4. The van der Waals surface area contributed by atoms with E-state index in [9.17, 15) is 14.4 Å². The van der Waals surface area contributed by atoms with Crippen molar-refractivity contribution in [2.24, 2.45) is 0 Å². The fourth-order valence-corrected chi connectivity index (χ4v) is 4.30. The molecule has 4 rings (SSSR count). The highest BCUT2D eigenvalue weighted by Gasteiger charge is 2.18. The predicted octanol–water partition coefficient (Wildman–Crippen LogP) is 4.04. The van der Waals surface area contributed by atoms with E-state index in [-0.39, 0.29) is 23.0 Å². The van der Waals surface area contributed by atoms with E-state index in [1.165, 1.54) is 18.7 Å². The van der Waals surface area contributed by atoms with E-state index in [0.717, 1.165) is 6.42 Å². The van der Waals surface area contributed by atoms with Crippen LogP contribution in [0.25, 0.3) is 16.7 Å². The van der Waals surface area contributed by atoms with Crippen molar-refractivity contribution in [1.29, 1.82) is 0 Å². The van der Waals surface area contributed by atoms with Crippen LogP contribution in [0.3, 0.4) is 0 Å². The summed E-state index contributed by atoms with van der Waals surface area (Å²) in [6.07, 6.45) is 0.752. The summed E-state index contributed by atoms with van der Waals surface area (Å²) < 4.78 is 3.36. The Bertz CT molecular complexity index is 1390. The number of aromatic nitrogens is 4. The Labute approximate surface area is 192 Å². The lowest BCUT2D eigenvalue weighted by atomic mass is 10.1. The van der Waals surface area contributed by atoms with Crippen molar-refractivity contribution >= 4 is 57.4 Å². The van der Waals surface area contributed by atoms with Crippen LogP contribution < -0.4 is 10.9 Å². The standard InChI is InChI=1S/C22H20ClN5O3S/c1-3-10-27-20(31)17-11-15(23)6-9-18(17)28-21(27)25-26-22(28)32-12-19(30)24-16-7-4-14(5-8-16)13(2)29/h4-9,11H,3,10,12H2,1-2H3,(H,24,30). The van der Waals surface area contributed by atoms with Gasteiger partial charge in [-0.3, -0.25) is 23.4 Å². The summed E-state index contributed by atoms with van der Waals surface area (Å²) in [5.74, 6) is 0.259. The second-order valence-electron chi connectivity index (χ2n) is 7.21. The summed E-state index contributed by atoms with van der Waals surface area (Å²) in [5, 5.41) is 12.7. The molecule has 2 aromatic heterocycles. The van der Waals surface area contributed by atoms with Gasteiger partial charge in [0.1, 0.15) is 0 Å². The topological polar surface area (TPSA) is 98.4 Å². The van der Waals surface area contributed by atoms with Gasteiger partial charge in [-0.1, -0.05) is 30.3 Å². The minimum Gasteiger partial charge on any atom is -0.325 e. The molecule has 0 atom stereocenters. The van der Waals surface area contributed by atoms with Crippen LogP contribution in [0.4, 0.5) is 5.69 Å². The number of amides is 1. The molecule has 0 aliphatic heterocycles. The van der Waals surface area contributed by atoms with Gasteiger partial charge < -0.3 is 5.32 Å². The second kappa shape index (κ2) is 9.13. The first-order chi connectivity index (χ1) is 15.4. The first kappa shape index (κ1) is 22.0. The van der Waals surface area contributed by atoms with E-state index >= 15 is 0 Å². The average molecular weight is 470 g/mol. The first-order valence-electron chi connectivity index (χ1n) is 10.00. The van der Waals surface area contributed by atoms with E-state index in [4.69, 9.17) is 11.6 Å². The van der Waals surface area contributed by atoms with Gasteiger partial charge in [0, 0.05) is 22.8 Å². The summed E-state index contributed by atoms with van der Waals surface area (Å²) in [5.41, 5.74) is 1.64. The highest BCUT2D eigenvalue weighted by atomic mass is 35.5. The number of rotatable bonds is 7. The van der Waals surface area contributed by atoms with Crippen molar-refractivity contribution in [3.05, 3.63) is 63.4 Å². The molecule has 1 N–H and O–H groups in total. The Balaban J connectivity index is 1.62. The van der Waals surface area contributed by atoms with Crippen LogP contribution >= 0.6 is 23.4 Å². The SMILES string of the molecule is CCCn1c(=O)c2cc(Cl)ccc2n2c(SCC(=O)Nc3ccc(C(C)=O)cc3)nnc12. The van der Waals surface area contributed by atoms with Gasteiger partial charge in [0.05, 0.1) is 16.7 Å². The number of nitrogens with one attached hydrogen (secondary N) is 1. The molecule has 0 saturated carbocycles. The van der Waals surface area contributed by atoms with Crippen molar-refractivity contribution in [2.75, 3.05) is 11.1 Å². The smallest absolute Gasteiger partial charge is 0.262 e. The fraction of sp³-hybridized carbons (Fsp3) is 0.227. The molecule has 1 amide bonds. The number of ketones is 1. The molecule has 164 valence electrons. The number of anilines is 1. The van der Waals surface area contributed by atoms with Crippen molar-refractivity contribution in [1.82, 2.24) is 19.2 Å². The van der Waals surface area contributed by atoms with E-state index in [1.807, 2.05) is 6.92 Å². The molecule has 0 saturated heterocycles. The molecule has 2 aromatic carbocycles. The summed E-state index contributed by atoms with van der Waals surface area (Å²) in [6, 6.07) is 11.8. The number of halogens is 1. The molecule has 0 fully saturated rings. The highest BCUT2D eigenvalue weighted by Crippen LogP contribution is 2.24. The van der Waals surface area contributed by atoms with Crippen LogP contribution in [0.5, 0.6) is 0 Å². The monoisotopic (exact) mass is 469 g/mol. The van der Waals surface area contributed by atoms with Crippen molar-refractivity contribution in [2.45, 2.75) is 32.0 Å². The van der Waals surface area contributed by atoms with Crippen molar-refractivity contribution in [3.63, 3.8) is 0 Å². The van der Waals surface area contributed by atoms with E-state index in [1.54, 1.807) is 51.4 Å². The van der Waals surface area contributed by atoms with Gasteiger partial charge >= 0.3 is 0 Å². The van der Waals surface area contributed by atoms with Crippen LogP contribution in [0.15, 0.2) is 52.4 Å². The zero-order chi connectivity index (χ0) is 22.8. The lowest BCUT2D eigenvalue weighted by molar-refractivity contribution is -0.113. The number of fused-ring (bicyclic) bond motifs is 3. The van der Waals surface area contributed by atoms with Gasteiger partial charge in [0.15, 0.2) is 10.9 Å². The van der Waals surface area contributed by atoms with Crippen LogP contribution in [0.2, 0.25) is 5.02 Å². The molecule has 8 nitrogen and oxygen atoms in total. The van der Waals surface area contributed by atoms with Crippen LogP contribution in [0, 0.1) is 0 Å². The minimum atomic E-state index is -0.225. The molecule has 0 bridgehead atoms. The summed E-state index contributed by atoms with van der Waals surface area (Å²) in [7, 11) is 0. The first-order valence-corrected chi connectivity index (χ1v) is 11.4. The van der Waals surface area contributed by atoms with Gasteiger partial charge in [-0.25, -0.2) is 0 Å². The Hall–Kier alpha value is -3.17. The maximum atomic E-state index is 13.0. The third-order valence-electron chi connectivity index (χ3n) is 4.89. The average Bonchev–Trinajstić information content (AvgIpc) is 3.19. The number of aryl methyl sites for hydroxylation is 1. The number of benzene rings is 2. The molecule has 10 heteroatoms. The van der Waals surface area contributed by atoms with Gasteiger partial charge in [-0.2, -0.15) is 0 Å². The quantitative estimate of drug-likeness (QED) is 0.324. The predicted molar refractivity (Wildman–Crippen MR) is 126 cm³/mol. The summed E-state index contributed by atoms with van der Waals surface area (Å²) in [4.78, 5) is 36.8. The van der Waals surface area contributed by atoms with Gasteiger partial charge in [0.25, 0.3) is 5.56 Å². The number of hydrogen-bond donors (Lipinski definition) is 1. The van der Waals surface area contributed by atoms with E-state index in [0.29, 0.717) is 44.7 Å². The second-order valence-corrected chi connectivity index (χ2v) is 8.59. The van der Waals surface area contributed by atoms with E-state index < -0.39 is 0 Å². The Morgan fingerprint density at radius 3 is 2.56 bits per heavy atom. The molecule has 0 spiro atoms. The molecule has 0 unspecified atom stereocenters. The summed E-state index contributed by atoms with van der Waals surface area (Å²) in [6.45, 7) is 3.96. The molecule has 0 aliphatic carbocycles. The molecule has 0 radical (unpaired) electrons. The number of carbonyl (C=O) groups excluding carboxylic acids is 2. The molecular formula is C22H20ClN5O3S. The highest BCUT2D eigenvalue weighted by molar-refractivity contribution is 7.99. The third kappa shape index (κ3) is 4.26. The van der Waals surface area contributed by atoms with Crippen LogP contribution in [0.1, 0.15) is 30.6 Å². The maximum absolute atomic E-state index is 13.0. The number of Topliss-reactive ketones (excluding diaryl/α,β-unsaturated/α-hetero) is 1. The largest absolute Gasteiger partial charge is 0.325 e. The normalized spacial score (nSPS) is 11.2. The summed E-state index contributed by atoms with van der Waals surface area (Å²) >= 11 is 7.34. The molecule has 4 aromatic rings. The lowest BCUT2D eigenvalue weighted by Gasteiger charge is -2.11. The van der Waals surface area contributed by atoms with Crippen molar-refractivity contribution < 1.29 is 9.59 Å². The van der Waals surface area contributed by atoms with E-state index in [2.05, 4.69) is 15.5 Å². The Kier molecular flexibility index (Phi) is 6.29. The number of thioether (sulfide) groups is 1. The molecule has 32 heavy (non-hydrogen) atoms. The van der Waals surface area contributed by atoms with Crippen molar-refractivity contribution in [3.8, 4) is 0 Å². The van der Waals surface area contributed by atoms with Crippen LogP contribution in [-0.2, 0) is 11.3 Å².